The van der Waals surface area contributed by atoms with Crippen molar-refractivity contribution in [1.29, 1.82) is 0 Å². The lowest BCUT2D eigenvalue weighted by Crippen LogP contribution is -2.08. The van der Waals surface area contributed by atoms with Crippen LogP contribution in [0.15, 0.2) is 0 Å². The van der Waals surface area contributed by atoms with Gasteiger partial charge >= 0.3 is 6.16 Å². The predicted molar refractivity (Wildman–Crippen MR) is 38.6 cm³/mol. The summed E-state index contributed by atoms with van der Waals surface area (Å²) in [4.78, 5) is 8.56. The van der Waals surface area contributed by atoms with Gasteiger partial charge in [-0.1, -0.05) is 6.92 Å². The lowest BCUT2D eigenvalue weighted by molar-refractivity contribution is 0.136. The maximum absolute atomic E-state index is 8.56. The molecule has 11 heavy (non-hydrogen) atoms. The fourth-order valence-corrected chi connectivity index (χ4v) is 0.316. The summed E-state index contributed by atoms with van der Waals surface area (Å²) in [5, 5.41) is 30.7. The Hall–Kier alpha value is -0.810. The Kier molecular flexibility index (Phi) is 10.7. The smallest absolute Gasteiger partial charge is 0.450 e. The number of aliphatic hydroxyl groups is 2. The molecule has 0 amide bonds. The third-order valence-electron chi connectivity index (χ3n) is 1.09. The zero-order valence-corrected chi connectivity index (χ0v) is 6.40. The van der Waals surface area contributed by atoms with Crippen LogP contribution in [-0.4, -0.2) is 39.8 Å². The van der Waals surface area contributed by atoms with Crippen molar-refractivity contribution in [3.8, 4) is 0 Å². The van der Waals surface area contributed by atoms with E-state index in [1.54, 1.807) is 0 Å². The zero-order valence-electron chi connectivity index (χ0n) is 6.40. The van der Waals surface area contributed by atoms with E-state index in [0.29, 0.717) is 0 Å². The summed E-state index contributed by atoms with van der Waals surface area (Å²) < 4.78 is 0. The first kappa shape index (κ1) is 12.8. The zero-order chi connectivity index (χ0) is 9.28. The Morgan fingerprint density at radius 1 is 1.27 bits per heavy atom. The van der Waals surface area contributed by atoms with Crippen molar-refractivity contribution < 1.29 is 25.2 Å². The highest BCUT2D eigenvalue weighted by Gasteiger charge is 1.98. The van der Waals surface area contributed by atoms with Crippen LogP contribution >= 0.6 is 0 Å². The Balaban J connectivity index is 0. The molecule has 68 valence electrons. The number of hydrogen-bond donors (Lipinski definition) is 4. The molecule has 0 saturated heterocycles. The Morgan fingerprint density at radius 2 is 1.55 bits per heavy atom. The van der Waals surface area contributed by atoms with Crippen molar-refractivity contribution in [3.63, 3.8) is 0 Å². The van der Waals surface area contributed by atoms with E-state index in [9.17, 15) is 0 Å². The predicted octanol–water partition coefficient (Wildman–Crippen LogP) is 0.220. The maximum Gasteiger partial charge on any atom is 0.503 e. The monoisotopic (exact) mass is 166 g/mol. The van der Waals surface area contributed by atoms with Gasteiger partial charge in [0.1, 0.15) is 0 Å². The topological polar surface area (TPSA) is 98.0 Å². The molecule has 0 rings (SSSR count). The average molecular weight is 166 g/mol. The van der Waals surface area contributed by atoms with E-state index in [-0.39, 0.29) is 19.1 Å². The van der Waals surface area contributed by atoms with Crippen LogP contribution in [0.3, 0.4) is 0 Å². The lowest BCUT2D eigenvalue weighted by Gasteiger charge is -2.03. The maximum atomic E-state index is 8.56. The second-order valence-corrected chi connectivity index (χ2v) is 1.92. The van der Waals surface area contributed by atoms with Crippen LogP contribution in [0.25, 0.3) is 0 Å². The molecule has 0 heterocycles. The van der Waals surface area contributed by atoms with Gasteiger partial charge in [-0.3, -0.25) is 0 Å². The second-order valence-electron chi connectivity index (χ2n) is 1.92. The third kappa shape index (κ3) is 17.6. The summed E-state index contributed by atoms with van der Waals surface area (Å²) in [6, 6.07) is 0. The van der Waals surface area contributed by atoms with Crippen LogP contribution < -0.4 is 0 Å². The molecule has 0 unspecified atom stereocenters. The summed E-state index contributed by atoms with van der Waals surface area (Å²) in [6.07, 6.45) is -0.979. The lowest BCUT2D eigenvalue weighted by atomic mass is 10.1. The SMILES string of the molecule is CCC(CO)CO.O=C(O)O. The molecule has 0 aromatic carbocycles. The van der Waals surface area contributed by atoms with Crippen LogP contribution in [-0.2, 0) is 0 Å². The van der Waals surface area contributed by atoms with Gasteiger partial charge in [0.15, 0.2) is 0 Å². The van der Waals surface area contributed by atoms with Gasteiger partial charge in [-0.25, -0.2) is 4.79 Å². The third-order valence-corrected chi connectivity index (χ3v) is 1.09. The minimum atomic E-state index is -1.83. The molecule has 0 saturated carbocycles. The molecule has 0 aliphatic rings. The van der Waals surface area contributed by atoms with Gasteiger partial charge < -0.3 is 20.4 Å². The van der Waals surface area contributed by atoms with Crippen LogP contribution in [0.4, 0.5) is 4.79 Å². The van der Waals surface area contributed by atoms with Crippen LogP contribution in [0.1, 0.15) is 13.3 Å². The Labute approximate surface area is 64.9 Å². The molecule has 0 aliphatic carbocycles. The van der Waals surface area contributed by atoms with E-state index in [0.717, 1.165) is 6.42 Å². The molecule has 0 radical (unpaired) electrons. The number of rotatable bonds is 3. The van der Waals surface area contributed by atoms with Crippen molar-refractivity contribution in [2.75, 3.05) is 13.2 Å². The molecule has 0 aromatic rings. The summed E-state index contributed by atoms with van der Waals surface area (Å²) in [5.74, 6) is 0.0972. The quantitative estimate of drug-likeness (QED) is 0.480. The van der Waals surface area contributed by atoms with Gasteiger partial charge in [0, 0.05) is 19.1 Å². The first-order valence-electron chi connectivity index (χ1n) is 3.22. The molecular formula is C6H14O5. The van der Waals surface area contributed by atoms with Gasteiger partial charge in [0.05, 0.1) is 0 Å². The largest absolute Gasteiger partial charge is 0.503 e. The van der Waals surface area contributed by atoms with Gasteiger partial charge in [-0.15, -0.1) is 0 Å². The highest BCUT2D eigenvalue weighted by Crippen LogP contribution is 1.96. The standard InChI is InChI=1S/C5H12O2.CH2O3/c1-2-5(3-6)4-7;2-1(3)4/h5-7H,2-4H2,1H3;(H2,2,3,4). The van der Waals surface area contributed by atoms with Crippen molar-refractivity contribution in [1.82, 2.24) is 0 Å². The van der Waals surface area contributed by atoms with E-state index in [1.165, 1.54) is 0 Å². The first-order valence-corrected chi connectivity index (χ1v) is 3.22. The van der Waals surface area contributed by atoms with E-state index in [2.05, 4.69) is 0 Å². The minimum absolute atomic E-state index is 0.0972. The van der Waals surface area contributed by atoms with Crippen molar-refractivity contribution in [3.05, 3.63) is 0 Å². The van der Waals surface area contributed by atoms with E-state index in [4.69, 9.17) is 25.2 Å². The van der Waals surface area contributed by atoms with Crippen LogP contribution in [0.5, 0.6) is 0 Å². The van der Waals surface area contributed by atoms with Gasteiger partial charge in [-0.2, -0.15) is 0 Å². The second kappa shape index (κ2) is 9.19. The number of carbonyl (C=O) groups is 1. The molecule has 5 heteroatoms. The summed E-state index contributed by atoms with van der Waals surface area (Å²) in [5.41, 5.74) is 0. The normalized spacial score (nSPS) is 8.73. The molecular weight excluding hydrogens is 152 g/mol. The number of aliphatic hydroxyl groups excluding tert-OH is 2. The fourth-order valence-electron chi connectivity index (χ4n) is 0.316. The highest BCUT2D eigenvalue weighted by atomic mass is 16.6. The van der Waals surface area contributed by atoms with Gasteiger partial charge in [0.2, 0.25) is 0 Å². The minimum Gasteiger partial charge on any atom is -0.450 e. The highest BCUT2D eigenvalue weighted by molar-refractivity contribution is 5.53. The summed E-state index contributed by atoms with van der Waals surface area (Å²) >= 11 is 0. The first-order chi connectivity index (χ1) is 5.08. The molecule has 4 N–H and O–H groups in total. The van der Waals surface area contributed by atoms with E-state index in [1.807, 2.05) is 6.92 Å². The van der Waals surface area contributed by atoms with Crippen molar-refractivity contribution in [2.24, 2.45) is 5.92 Å². The molecule has 0 spiro atoms. The molecule has 0 atom stereocenters. The van der Waals surface area contributed by atoms with Gasteiger partial charge in [-0.05, 0) is 6.42 Å². The summed E-state index contributed by atoms with van der Waals surface area (Å²) in [6.45, 7) is 2.15. The van der Waals surface area contributed by atoms with Crippen molar-refractivity contribution in [2.45, 2.75) is 13.3 Å². The van der Waals surface area contributed by atoms with E-state index < -0.39 is 6.16 Å². The number of carboxylic acid groups (broad SMARTS) is 2. The molecule has 0 fully saturated rings. The molecule has 0 aliphatic heterocycles. The van der Waals surface area contributed by atoms with Crippen LogP contribution in [0.2, 0.25) is 0 Å². The number of hydrogen-bond acceptors (Lipinski definition) is 3. The fraction of sp³-hybridized carbons (Fsp3) is 0.833. The van der Waals surface area contributed by atoms with E-state index >= 15 is 0 Å². The Bertz CT molecular complexity index is 79.5. The molecule has 5 nitrogen and oxygen atoms in total. The Morgan fingerprint density at radius 3 is 1.55 bits per heavy atom. The molecule has 0 aromatic heterocycles. The average Bonchev–Trinajstić information content (AvgIpc) is 1.90. The van der Waals surface area contributed by atoms with Crippen LogP contribution in [0, 0.1) is 5.92 Å². The summed E-state index contributed by atoms with van der Waals surface area (Å²) in [7, 11) is 0. The van der Waals surface area contributed by atoms with Gasteiger partial charge in [0.25, 0.3) is 0 Å². The molecule has 0 bridgehead atoms. The van der Waals surface area contributed by atoms with Crippen molar-refractivity contribution >= 4 is 6.16 Å².